The topological polar surface area (TPSA) is 41.5 Å². The molecule has 0 bridgehead atoms. The molecule has 112 valence electrons. The van der Waals surface area contributed by atoms with Crippen molar-refractivity contribution in [1.29, 1.82) is 0 Å². The molecular formula is C15H14F3NO2. The van der Waals surface area contributed by atoms with E-state index < -0.39 is 11.7 Å². The Morgan fingerprint density at radius 3 is 2.33 bits per heavy atom. The van der Waals surface area contributed by atoms with Gasteiger partial charge in [0.1, 0.15) is 11.5 Å². The fraction of sp³-hybridized carbons (Fsp3) is 0.200. The number of methoxy groups -OCH3 is 1. The van der Waals surface area contributed by atoms with Gasteiger partial charge in [-0.2, -0.15) is 13.2 Å². The van der Waals surface area contributed by atoms with Crippen LogP contribution in [-0.2, 0) is 12.7 Å². The van der Waals surface area contributed by atoms with Crippen LogP contribution in [0.5, 0.6) is 11.5 Å². The molecule has 0 heterocycles. The van der Waals surface area contributed by atoms with Crippen LogP contribution < -0.4 is 10.1 Å². The van der Waals surface area contributed by atoms with Gasteiger partial charge in [-0.15, -0.1) is 0 Å². The van der Waals surface area contributed by atoms with Crippen molar-refractivity contribution in [2.75, 3.05) is 12.4 Å². The molecule has 0 fully saturated rings. The molecule has 21 heavy (non-hydrogen) atoms. The highest BCUT2D eigenvalue weighted by Crippen LogP contribution is 2.37. The van der Waals surface area contributed by atoms with Gasteiger partial charge >= 0.3 is 6.18 Å². The van der Waals surface area contributed by atoms with E-state index in [1.54, 1.807) is 12.1 Å². The Labute approximate surface area is 120 Å². The predicted octanol–water partition coefficient (Wildman–Crippen LogP) is 4.03. The van der Waals surface area contributed by atoms with Gasteiger partial charge in [-0.1, -0.05) is 12.1 Å². The summed E-state index contributed by atoms with van der Waals surface area (Å²) in [5.74, 6) is 0.261. The molecule has 2 N–H and O–H groups in total. The van der Waals surface area contributed by atoms with E-state index in [0.29, 0.717) is 0 Å². The predicted molar refractivity (Wildman–Crippen MR) is 73.4 cm³/mol. The average Bonchev–Trinajstić information content (AvgIpc) is 2.45. The van der Waals surface area contributed by atoms with E-state index in [0.717, 1.165) is 11.6 Å². The highest BCUT2D eigenvalue weighted by atomic mass is 19.4. The number of halogens is 3. The van der Waals surface area contributed by atoms with Crippen LogP contribution in [-0.4, -0.2) is 12.2 Å². The Kier molecular flexibility index (Phi) is 4.26. The van der Waals surface area contributed by atoms with E-state index >= 15 is 0 Å². The third-order valence-corrected chi connectivity index (χ3v) is 2.95. The number of ether oxygens (including phenoxy) is 1. The van der Waals surface area contributed by atoms with Crippen molar-refractivity contribution in [2.24, 2.45) is 0 Å². The molecule has 2 aromatic carbocycles. The van der Waals surface area contributed by atoms with Crippen molar-refractivity contribution in [1.82, 2.24) is 0 Å². The number of nitrogens with one attached hydrogen (secondary N) is 1. The summed E-state index contributed by atoms with van der Waals surface area (Å²) in [6, 6.07) is 10.00. The van der Waals surface area contributed by atoms with E-state index in [1.165, 1.54) is 31.4 Å². The van der Waals surface area contributed by atoms with Crippen LogP contribution in [0.1, 0.15) is 11.1 Å². The number of rotatable bonds is 4. The molecule has 6 heteroatoms. The van der Waals surface area contributed by atoms with E-state index in [9.17, 15) is 13.2 Å². The van der Waals surface area contributed by atoms with Crippen LogP contribution in [0, 0.1) is 0 Å². The molecule has 0 spiro atoms. The van der Waals surface area contributed by atoms with Gasteiger partial charge in [-0.3, -0.25) is 0 Å². The van der Waals surface area contributed by atoms with Gasteiger partial charge in [0.05, 0.1) is 12.7 Å². The number of hydrogen-bond acceptors (Lipinski definition) is 3. The summed E-state index contributed by atoms with van der Waals surface area (Å²) >= 11 is 0. The van der Waals surface area contributed by atoms with Crippen LogP contribution in [0.15, 0.2) is 42.5 Å². The summed E-state index contributed by atoms with van der Waals surface area (Å²) < 4.78 is 43.9. The van der Waals surface area contributed by atoms with Gasteiger partial charge in [0.15, 0.2) is 0 Å². The first-order valence-corrected chi connectivity index (χ1v) is 6.17. The van der Waals surface area contributed by atoms with Gasteiger partial charge in [-0.05, 0) is 35.9 Å². The minimum Gasteiger partial charge on any atom is -0.508 e. The summed E-state index contributed by atoms with van der Waals surface area (Å²) in [7, 11) is 1.32. The average molecular weight is 297 g/mol. The molecule has 2 aromatic rings. The molecule has 2 rings (SSSR count). The zero-order valence-electron chi connectivity index (χ0n) is 11.2. The molecule has 0 aliphatic heterocycles. The monoisotopic (exact) mass is 297 g/mol. The molecule has 0 saturated carbocycles. The van der Waals surface area contributed by atoms with Crippen LogP contribution in [0.2, 0.25) is 0 Å². The van der Waals surface area contributed by atoms with Crippen molar-refractivity contribution < 1.29 is 23.0 Å². The SMILES string of the molecule is COc1ccc(NCc2ccc(O)cc2)c(C(F)(F)F)c1. The Morgan fingerprint density at radius 1 is 1.10 bits per heavy atom. The van der Waals surface area contributed by atoms with E-state index in [4.69, 9.17) is 9.84 Å². The fourth-order valence-corrected chi connectivity index (χ4v) is 1.85. The first-order valence-electron chi connectivity index (χ1n) is 6.17. The highest BCUT2D eigenvalue weighted by molar-refractivity contribution is 5.56. The minimum absolute atomic E-state index is 0.0172. The number of anilines is 1. The third kappa shape index (κ3) is 3.81. The number of hydrogen-bond donors (Lipinski definition) is 2. The van der Waals surface area contributed by atoms with Gasteiger partial charge in [-0.25, -0.2) is 0 Å². The molecule has 0 aliphatic rings. The molecular weight excluding hydrogens is 283 g/mol. The zero-order valence-corrected chi connectivity index (χ0v) is 11.2. The molecule has 0 atom stereocenters. The van der Waals surface area contributed by atoms with Crippen LogP contribution >= 0.6 is 0 Å². The van der Waals surface area contributed by atoms with Gasteiger partial charge in [0.25, 0.3) is 0 Å². The van der Waals surface area contributed by atoms with E-state index in [2.05, 4.69) is 5.32 Å². The first-order chi connectivity index (χ1) is 9.90. The van der Waals surface area contributed by atoms with Gasteiger partial charge < -0.3 is 15.2 Å². The highest BCUT2D eigenvalue weighted by Gasteiger charge is 2.34. The smallest absolute Gasteiger partial charge is 0.418 e. The molecule has 0 aliphatic carbocycles. The molecule has 0 aromatic heterocycles. The lowest BCUT2D eigenvalue weighted by Crippen LogP contribution is -2.11. The second-order valence-corrected chi connectivity index (χ2v) is 4.43. The lowest BCUT2D eigenvalue weighted by atomic mass is 10.1. The second-order valence-electron chi connectivity index (χ2n) is 4.43. The van der Waals surface area contributed by atoms with Crippen molar-refractivity contribution in [2.45, 2.75) is 12.7 Å². The maximum absolute atomic E-state index is 13.0. The van der Waals surface area contributed by atoms with Gasteiger partial charge in [0, 0.05) is 12.2 Å². The summed E-state index contributed by atoms with van der Waals surface area (Å²) in [4.78, 5) is 0. The van der Waals surface area contributed by atoms with Crippen LogP contribution in [0.3, 0.4) is 0 Å². The first kappa shape index (κ1) is 15.0. The lowest BCUT2D eigenvalue weighted by Gasteiger charge is -2.15. The Morgan fingerprint density at radius 2 is 1.76 bits per heavy atom. The van der Waals surface area contributed by atoms with Crippen LogP contribution in [0.4, 0.5) is 18.9 Å². The van der Waals surface area contributed by atoms with Crippen molar-refractivity contribution >= 4 is 5.69 Å². The fourth-order valence-electron chi connectivity index (χ4n) is 1.85. The Bertz CT molecular complexity index is 609. The zero-order chi connectivity index (χ0) is 15.5. The molecule has 0 saturated heterocycles. The number of aromatic hydroxyl groups is 1. The molecule has 0 radical (unpaired) electrons. The molecule has 3 nitrogen and oxygen atoms in total. The summed E-state index contributed by atoms with van der Waals surface area (Å²) in [6.07, 6.45) is -4.47. The maximum atomic E-state index is 13.0. The number of alkyl halides is 3. The quantitative estimate of drug-likeness (QED) is 0.895. The number of phenols is 1. The van der Waals surface area contributed by atoms with E-state index in [1.807, 2.05) is 0 Å². The van der Waals surface area contributed by atoms with Crippen molar-refractivity contribution in [3.05, 3.63) is 53.6 Å². The summed E-state index contributed by atoms with van der Waals surface area (Å²) in [5.41, 5.74) is -0.0336. The minimum atomic E-state index is -4.47. The maximum Gasteiger partial charge on any atom is 0.418 e. The normalized spacial score (nSPS) is 11.2. The summed E-state index contributed by atoms with van der Waals surface area (Å²) in [6.45, 7) is 0.218. The van der Waals surface area contributed by atoms with Crippen molar-refractivity contribution in [3.8, 4) is 11.5 Å². The number of benzene rings is 2. The van der Waals surface area contributed by atoms with E-state index in [-0.39, 0.29) is 23.7 Å². The number of phenolic OH excluding ortho intramolecular Hbond substituents is 1. The molecule has 0 amide bonds. The Balaban J connectivity index is 2.21. The van der Waals surface area contributed by atoms with Gasteiger partial charge in [0.2, 0.25) is 0 Å². The second kappa shape index (κ2) is 5.95. The standard InChI is InChI=1S/C15H14F3NO2/c1-21-12-6-7-14(13(8-12)15(16,17)18)19-9-10-2-4-11(20)5-3-10/h2-8,19-20H,9H2,1H3. The Hall–Kier alpha value is -2.37. The largest absolute Gasteiger partial charge is 0.508 e. The lowest BCUT2D eigenvalue weighted by molar-refractivity contribution is -0.137. The summed E-state index contributed by atoms with van der Waals surface area (Å²) in [5, 5.41) is 11.9. The van der Waals surface area contributed by atoms with Crippen LogP contribution in [0.25, 0.3) is 0 Å². The van der Waals surface area contributed by atoms with Crippen molar-refractivity contribution in [3.63, 3.8) is 0 Å². The molecule has 0 unspecified atom stereocenters. The third-order valence-electron chi connectivity index (χ3n) is 2.95.